The van der Waals surface area contributed by atoms with Gasteiger partial charge in [-0.25, -0.2) is 0 Å². The van der Waals surface area contributed by atoms with Gasteiger partial charge in [-0.15, -0.1) is 0 Å². The Kier molecular flexibility index (Phi) is 5.59. The highest BCUT2D eigenvalue weighted by Crippen LogP contribution is 2.36. The third-order valence-electron chi connectivity index (χ3n) is 4.24. The molecule has 0 spiro atoms. The van der Waals surface area contributed by atoms with Crippen molar-refractivity contribution in [2.75, 3.05) is 18.5 Å². The molecule has 0 radical (unpaired) electrons. The molecule has 2 aromatic carbocycles. The lowest BCUT2D eigenvalue weighted by Gasteiger charge is -2.19. The van der Waals surface area contributed by atoms with Gasteiger partial charge in [-0.3, -0.25) is 25.8 Å². The molecule has 0 aromatic heterocycles. The maximum atomic E-state index is 12.5. The summed E-state index contributed by atoms with van der Waals surface area (Å²) in [5, 5.41) is 14.4. The van der Waals surface area contributed by atoms with Crippen molar-refractivity contribution in [2.24, 2.45) is 0 Å². The number of amides is 1. The Morgan fingerprint density at radius 1 is 1.14 bits per heavy atom. The molecule has 3 N–H and O–H groups in total. The van der Waals surface area contributed by atoms with Crippen molar-refractivity contribution in [3.63, 3.8) is 0 Å². The normalized spacial score (nSPS) is 12.1. The van der Waals surface area contributed by atoms with E-state index in [0.717, 1.165) is 16.8 Å². The van der Waals surface area contributed by atoms with Crippen molar-refractivity contribution in [1.82, 2.24) is 10.9 Å². The van der Waals surface area contributed by atoms with Crippen molar-refractivity contribution in [3.8, 4) is 11.5 Å². The van der Waals surface area contributed by atoms with E-state index in [0.29, 0.717) is 6.61 Å². The van der Waals surface area contributed by atoms with Crippen molar-refractivity contribution in [2.45, 2.75) is 13.8 Å². The molecule has 3 rings (SSSR count). The second kappa shape index (κ2) is 8.09. The summed E-state index contributed by atoms with van der Waals surface area (Å²) in [4.78, 5) is 23.2. The highest BCUT2D eigenvalue weighted by molar-refractivity contribution is 7.80. The quantitative estimate of drug-likeness (QED) is 0.408. The van der Waals surface area contributed by atoms with Crippen molar-refractivity contribution in [1.29, 1.82) is 0 Å². The number of thiocarbonyl (C=S) groups is 1. The number of carbonyl (C=O) groups excluding carboxylic acids is 1. The van der Waals surface area contributed by atoms with Crippen molar-refractivity contribution in [3.05, 3.63) is 57.1 Å². The fourth-order valence-electron chi connectivity index (χ4n) is 2.63. The van der Waals surface area contributed by atoms with E-state index in [1.54, 1.807) is 0 Å². The van der Waals surface area contributed by atoms with Gasteiger partial charge < -0.3 is 14.8 Å². The van der Waals surface area contributed by atoms with Gasteiger partial charge in [0.1, 0.15) is 18.8 Å². The number of benzene rings is 2. The maximum absolute atomic E-state index is 12.5. The third kappa shape index (κ3) is 4.12. The molecule has 1 aliphatic heterocycles. The highest BCUT2D eigenvalue weighted by atomic mass is 32.1. The molecule has 0 bridgehead atoms. The predicted octanol–water partition coefficient (Wildman–Crippen LogP) is 2.61. The number of fused-ring (bicyclic) bond motifs is 1. The fourth-order valence-corrected chi connectivity index (χ4v) is 2.79. The van der Waals surface area contributed by atoms with Gasteiger partial charge in [-0.2, -0.15) is 0 Å². The topological polar surface area (TPSA) is 115 Å². The molecule has 0 aliphatic carbocycles. The van der Waals surface area contributed by atoms with Crippen LogP contribution in [0.3, 0.4) is 0 Å². The monoisotopic (exact) mass is 402 g/mol. The number of nitro groups is 1. The summed E-state index contributed by atoms with van der Waals surface area (Å²) in [5.41, 5.74) is 7.24. The zero-order valence-corrected chi connectivity index (χ0v) is 16.0. The minimum Gasteiger partial charge on any atom is -0.486 e. The van der Waals surface area contributed by atoms with Crippen LogP contribution in [-0.4, -0.2) is 29.2 Å². The van der Waals surface area contributed by atoms with Gasteiger partial charge in [-0.05, 0) is 43.3 Å². The Morgan fingerprint density at radius 2 is 1.82 bits per heavy atom. The van der Waals surface area contributed by atoms with E-state index in [4.69, 9.17) is 21.7 Å². The van der Waals surface area contributed by atoms with Gasteiger partial charge in [0.25, 0.3) is 11.6 Å². The second-order valence-corrected chi connectivity index (χ2v) is 6.46. The minimum absolute atomic E-state index is 0.141. The van der Waals surface area contributed by atoms with Crippen LogP contribution in [0.15, 0.2) is 30.3 Å². The van der Waals surface area contributed by atoms with Crippen LogP contribution in [0.5, 0.6) is 11.5 Å². The zero-order valence-electron chi connectivity index (χ0n) is 15.2. The van der Waals surface area contributed by atoms with Gasteiger partial charge >= 0.3 is 0 Å². The molecule has 0 saturated carbocycles. The predicted molar refractivity (Wildman–Crippen MR) is 107 cm³/mol. The molecule has 28 heavy (non-hydrogen) atoms. The first-order valence-corrected chi connectivity index (χ1v) is 8.79. The van der Waals surface area contributed by atoms with Crippen LogP contribution >= 0.6 is 12.2 Å². The van der Waals surface area contributed by atoms with E-state index in [-0.39, 0.29) is 28.8 Å². The number of aryl methyl sites for hydroxylation is 1. The highest BCUT2D eigenvalue weighted by Gasteiger charge is 2.26. The number of anilines is 1. The van der Waals surface area contributed by atoms with Crippen LogP contribution in [0.1, 0.15) is 21.5 Å². The summed E-state index contributed by atoms with van der Waals surface area (Å²) >= 11 is 5.17. The fraction of sp³-hybridized carbons (Fsp3) is 0.222. The number of nitrogens with zero attached hydrogens (tertiary/aromatic N) is 1. The Balaban J connectivity index is 1.71. The van der Waals surface area contributed by atoms with Crippen LogP contribution in [0.4, 0.5) is 11.4 Å². The lowest BCUT2D eigenvalue weighted by Crippen LogP contribution is -2.44. The number of ether oxygens (including phenoxy) is 2. The van der Waals surface area contributed by atoms with Gasteiger partial charge in [0.15, 0.2) is 16.6 Å². The largest absolute Gasteiger partial charge is 0.486 e. The van der Waals surface area contributed by atoms with Crippen LogP contribution in [0, 0.1) is 24.0 Å². The number of hydrogen-bond acceptors (Lipinski definition) is 6. The lowest BCUT2D eigenvalue weighted by molar-refractivity contribution is -0.385. The summed E-state index contributed by atoms with van der Waals surface area (Å²) in [6, 6.07) is 8.16. The van der Waals surface area contributed by atoms with Gasteiger partial charge in [0, 0.05) is 11.8 Å². The summed E-state index contributed by atoms with van der Waals surface area (Å²) in [7, 11) is 0. The molecule has 1 aliphatic rings. The standard InChI is InChI=1S/C18H18N4O5S/c1-10-4-3-5-13(11(10)2)19-18(28)21-20-17(23)12-8-15-16(27-7-6-26-15)9-14(12)22(24)25/h3-5,8-9H,6-7H2,1-2H3,(H,20,23)(H2,19,21,28). The van der Waals surface area contributed by atoms with Crippen LogP contribution in [0.25, 0.3) is 0 Å². The Bertz CT molecular complexity index is 963. The van der Waals surface area contributed by atoms with Gasteiger partial charge in [-0.1, -0.05) is 12.1 Å². The first kappa shape index (κ1) is 19.4. The SMILES string of the molecule is Cc1cccc(NC(=S)NNC(=O)c2cc3c(cc2[N+](=O)[O-])OCCO3)c1C. The molecular weight excluding hydrogens is 384 g/mol. The molecule has 146 valence electrons. The number of hydrazine groups is 1. The van der Waals surface area contributed by atoms with Crippen molar-refractivity contribution < 1.29 is 19.2 Å². The molecule has 1 amide bonds. The molecule has 1 heterocycles. The smallest absolute Gasteiger partial charge is 0.286 e. The van der Waals surface area contributed by atoms with E-state index < -0.39 is 16.5 Å². The molecule has 9 nitrogen and oxygen atoms in total. The van der Waals surface area contributed by atoms with Gasteiger partial charge in [0.05, 0.1) is 11.0 Å². The van der Waals surface area contributed by atoms with Crippen LogP contribution < -0.4 is 25.6 Å². The summed E-state index contributed by atoms with van der Waals surface area (Å²) in [6.07, 6.45) is 0. The first-order valence-electron chi connectivity index (χ1n) is 8.38. The van der Waals surface area contributed by atoms with E-state index >= 15 is 0 Å². The number of rotatable bonds is 3. The molecule has 0 fully saturated rings. The molecule has 0 unspecified atom stereocenters. The van der Waals surface area contributed by atoms with E-state index in [2.05, 4.69) is 16.2 Å². The number of hydrogen-bond donors (Lipinski definition) is 3. The Labute approximate surface area is 166 Å². The number of nitro benzene ring substituents is 1. The van der Waals surface area contributed by atoms with Gasteiger partial charge in [0.2, 0.25) is 0 Å². The lowest BCUT2D eigenvalue weighted by atomic mass is 10.1. The zero-order chi connectivity index (χ0) is 20.3. The third-order valence-corrected chi connectivity index (χ3v) is 4.45. The second-order valence-electron chi connectivity index (χ2n) is 6.05. The molecule has 10 heteroatoms. The Hall–Kier alpha value is -3.40. The van der Waals surface area contributed by atoms with Crippen molar-refractivity contribution >= 4 is 34.6 Å². The number of carbonyl (C=O) groups is 1. The van der Waals surface area contributed by atoms with E-state index in [1.165, 1.54) is 12.1 Å². The van der Waals surface area contributed by atoms with Crippen LogP contribution in [-0.2, 0) is 0 Å². The summed E-state index contributed by atoms with van der Waals surface area (Å²) < 4.78 is 10.7. The Morgan fingerprint density at radius 3 is 2.50 bits per heavy atom. The molecule has 0 atom stereocenters. The van der Waals surface area contributed by atoms with E-state index in [1.807, 2.05) is 32.0 Å². The average Bonchev–Trinajstić information content (AvgIpc) is 2.68. The summed E-state index contributed by atoms with van der Waals surface area (Å²) in [6.45, 7) is 4.50. The van der Waals surface area contributed by atoms with E-state index in [9.17, 15) is 14.9 Å². The maximum Gasteiger partial charge on any atom is 0.286 e. The number of nitrogens with one attached hydrogen (secondary N) is 3. The minimum atomic E-state index is -0.728. The molecular formula is C18H18N4O5S. The summed E-state index contributed by atoms with van der Waals surface area (Å²) in [5.74, 6) is -0.221. The average molecular weight is 402 g/mol. The van der Waals surface area contributed by atoms with Crippen LogP contribution in [0.2, 0.25) is 0 Å². The first-order chi connectivity index (χ1) is 13.4. The molecule has 0 saturated heterocycles. The molecule has 2 aromatic rings.